The average Bonchev–Trinajstić information content (AvgIpc) is 2.89. The molecule has 0 saturated heterocycles. The first-order valence-corrected chi connectivity index (χ1v) is 7.10. The molecule has 0 aromatic heterocycles. The van der Waals surface area contributed by atoms with Gasteiger partial charge in [-0.3, -0.25) is 0 Å². The molecule has 9 heteroatoms. The Bertz CT molecular complexity index is 609. The maximum atomic E-state index is 10.7. The second-order valence-electron chi connectivity index (χ2n) is 3.78. The van der Waals surface area contributed by atoms with Gasteiger partial charge in [-0.25, -0.2) is 13.4 Å². The van der Waals surface area contributed by atoms with Crippen LogP contribution in [-0.4, -0.2) is 37.5 Å². The second kappa shape index (κ2) is 7.23. The summed E-state index contributed by atoms with van der Waals surface area (Å²) >= 11 is 0. The molecule has 0 saturated carbocycles. The highest BCUT2D eigenvalue weighted by molar-refractivity contribution is 7.86. The molecule has 0 aliphatic carbocycles. The number of nitrogens with one attached hydrogen (secondary N) is 1. The van der Waals surface area contributed by atoms with E-state index in [0.29, 0.717) is 0 Å². The molecule has 1 aliphatic heterocycles. The SMILES string of the molecule is C(=Cc1ccccc1)C1=[NH+]CCO1.O=S(=O)([O-])C(F)(F)F. The molecule has 2 rings (SSSR count). The molecule has 1 aromatic carbocycles. The normalized spacial score (nSPS) is 15.1. The number of halogens is 3. The molecule has 0 radical (unpaired) electrons. The number of benzene rings is 1. The van der Waals surface area contributed by atoms with Gasteiger partial charge < -0.3 is 9.29 Å². The van der Waals surface area contributed by atoms with Crippen LogP contribution in [0.4, 0.5) is 13.2 Å². The lowest BCUT2D eigenvalue weighted by Crippen LogP contribution is -2.69. The maximum Gasteiger partial charge on any atom is 0.485 e. The van der Waals surface area contributed by atoms with Crippen molar-refractivity contribution in [2.24, 2.45) is 0 Å². The van der Waals surface area contributed by atoms with Crippen LogP contribution in [0.25, 0.3) is 6.08 Å². The van der Waals surface area contributed by atoms with Crippen LogP contribution in [0.5, 0.6) is 0 Å². The zero-order chi connectivity index (χ0) is 15.9. The molecule has 21 heavy (non-hydrogen) atoms. The predicted octanol–water partition coefficient (Wildman–Crippen LogP) is 0.260. The topological polar surface area (TPSA) is 80.4 Å². The van der Waals surface area contributed by atoms with Crippen molar-refractivity contribution in [3.8, 4) is 0 Å². The lowest BCUT2D eigenvalue weighted by atomic mass is 10.2. The van der Waals surface area contributed by atoms with Gasteiger partial charge in [-0.1, -0.05) is 30.3 Å². The Morgan fingerprint density at radius 3 is 2.19 bits per heavy atom. The van der Waals surface area contributed by atoms with E-state index in [1.54, 1.807) is 0 Å². The summed E-state index contributed by atoms with van der Waals surface area (Å²) in [5, 5.41) is 0. The Labute approximate surface area is 119 Å². The first-order valence-electron chi connectivity index (χ1n) is 5.69. The lowest BCUT2D eigenvalue weighted by Gasteiger charge is -2.08. The fourth-order valence-electron chi connectivity index (χ4n) is 1.23. The van der Waals surface area contributed by atoms with Crippen LogP contribution < -0.4 is 4.99 Å². The number of rotatable bonds is 2. The Kier molecular flexibility index (Phi) is 5.91. The first-order chi connectivity index (χ1) is 9.70. The van der Waals surface area contributed by atoms with Crippen LogP contribution >= 0.6 is 0 Å². The molecular formula is C12H12F3NO4S. The zero-order valence-electron chi connectivity index (χ0n) is 10.6. The summed E-state index contributed by atoms with van der Waals surface area (Å²) in [4.78, 5) is 3.13. The molecule has 0 fully saturated rings. The Morgan fingerprint density at radius 1 is 1.19 bits per heavy atom. The molecule has 0 unspecified atom stereocenters. The fourth-order valence-corrected chi connectivity index (χ4v) is 1.23. The highest BCUT2D eigenvalue weighted by Gasteiger charge is 2.36. The van der Waals surface area contributed by atoms with Gasteiger partial charge >= 0.3 is 11.4 Å². The van der Waals surface area contributed by atoms with Crippen molar-refractivity contribution in [1.29, 1.82) is 0 Å². The molecule has 1 aromatic rings. The smallest absolute Gasteiger partial charge is 0.485 e. The summed E-state index contributed by atoms with van der Waals surface area (Å²) < 4.78 is 64.2. The summed E-state index contributed by atoms with van der Waals surface area (Å²) in [6.45, 7) is 1.68. The van der Waals surface area contributed by atoms with Crippen LogP contribution in [-0.2, 0) is 14.9 Å². The Hall–Kier alpha value is -1.87. The molecule has 116 valence electrons. The quantitative estimate of drug-likeness (QED) is 0.625. The molecule has 1 N–H and O–H groups in total. The van der Waals surface area contributed by atoms with Crippen molar-refractivity contribution in [1.82, 2.24) is 0 Å². The molecule has 1 aliphatic rings. The molecular weight excluding hydrogens is 311 g/mol. The minimum Gasteiger partial charge on any atom is -0.741 e. The Balaban J connectivity index is 0.000000240. The summed E-state index contributed by atoms with van der Waals surface area (Å²) in [5.41, 5.74) is -4.46. The van der Waals surface area contributed by atoms with Crippen LogP contribution in [0.3, 0.4) is 0 Å². The van der Waals surface area contributed by atoms with E-state index in [1.807, 2.05) is 30.4 Å². The van der Waals surface area contributed by atoms with Crippen molar-refractivity contribution in [2.45, 2.75) is 5.51 Å². The number of hydrogen-bond donors (Lipinski definition) is 1. The number of alkyl halides is 3. The van der Waals surface area contributed by atoms with E-state index in [-0.39, 0.29) is 0 Å². The van der Waals surface area contributed by atoms with Crippen LogP contribution in [0.2, 0.25) is 0 Å². The highest BCUT2D eigenvalue weighted by atomic mass is 32.2. The van der Waals surface area contributed by atoms with E-state index < -0.39 is 15.6 Å². The van der Waals surface area contributed by atoms with Gasteiger partial charge in [-0.2, -0.15) is 13.2 Å². The maximum absolute atomic E-state index is 10.7. The van der Waals surface area contributed by atoms with Gasteiger partial charge in [0.15, 0.2) is 23.3 Å². The van der Waals surface area contributed by atoms with Crippen molar-refractivity contribution in [3.05, 3.63) is 42.0 Å². The van der Waals surface area contributed by atoms with E-state index >= 15 is 0 Å². The number of ether oxygens (including phenoxy) is 1. The third kappa shape index (κ3) is 6.41. The highest BCUT2D eigenvalue weighted by Crippen LogP contribution is 2.20. The van der Waals surface area contributed by atoms with Crippen molar-refractivity contribution in [3.63, 3.8) is 0 Å². The minimum atomic E-state index is -6.09. The molecule has 0 atom stereocenters. The van der Waals surface area contributed by atoms with Gasteiger partial charge in [-0.05, 0) is 11.6 Å². The largest absolute Gasteiger partial charge is 0.741 e. The lowest BCUT2D eigenvalue weighted by molar-refractivity contribution is -0.444. The molecule has 0 bridgehead atoms. The fraction of sp³-hybridized carbons (Fsp3) is 0.250. The van der Waals surface area contributed by atoms with Crippen molar-refractivity contribution in [2.75, 3.05) is 13.2 Å². The summed E-state index contributed by atoms with van der Waals surface area (Å²) in [6.07, 6.45) is 4.00. The average molecular weight is 323 g/mol. The van der Waals surface area contributed by atoms with Gasteiger partial charge in [0, 0.05) is 0 Å². The second-order valence-corrected chi connectivity index (χ2v) is 5.15. The standard InChI is InChI=1S/C11H11NO.CHF3O3S/c1-2-4-10(5-3-1)6-7-11-12-8-9-13-11;2-1(3,4)8(5,6)7/h1-7H,8-9H2;(H,5,6,7). The zero-order valence-corrected chi connectivity index (χ0v) is 11.4. The molecule has 0 spiro atoms. The van der Waals surface area contributed by atoms with Crippen LogP contribution in [0.15, 0.2) is 36.4 Å². The van der Waals surface area contributed by atoms with Gasteiger partial charge in [0.05, 0.1) is 6.08 Å². The monoisotopic (exact) mass is 323 g/mol. The van der Waals surface area contributed by atoms with E-state index in [4.69, 9.17) is 17.7 Å². The van der Waals surface area contributed by atoms with E-state index in [1.165, 1.54) is 5.56 Å². The van der Waals surface area contributed by atoms with Gasteiger partial charge in [0.2, 0.25) is 0 Å². The van der Waals surface area contributed by atoms with Crippen LogP contribution in [0, 0.1) is 0 Å². The third-order valence-electron chi connectivity index (χ3n) is 2.17. The number of hydrogen-bond acceptors (Lipinski definition) is 4. The van der Waals surface area contributed by atoms with Crippen molar-refractivity contribution >= 4 is 22.1 Å². The molecule has 1 heterocycles. The van der Waals surface area contributed by atoms with Gasteiger partial charge in [0.25, 0.3) is 0 Å². The summed E-state index contributed by atoms with van der Waals surface area (Å²) in [7, 11) is -6.09. The minimum absolute atomic E-state index is 0.772. The van der Waals surface area contributed by atoms with Gasteiger partial charge in [0.1, 0.15) is 0 Å². The first kappa shape index (κ1) is 17.2. The van der Waals surface area contributed by atoms with E-state index in [9.17, 15) is 13.2 Å². The van der Waals surface area contributed by atoms with E-state index in [0.717, 1.165) is 19.0 Å². The van der Waals surface area contributed by atoms with Crippen LogP contribution in [0.1, 0.15) is 5.56 Å². The Morgan fingerprint density at radius 2 is 1.76 bits per heavy atom. The predicted molar refractivity (Wildman–Crippen MR) is 68.0 cm³/mol. The summed E-state index contributed by atoms with van der Waals surface area (Å²) in [5.74, 6) is 0.865. The van der Waals surface area contributed by atoms with E-state index in [2.05, 4.69) is 17.1 Å². The van der Waals surface area contributed by atoms with Crippen molar-refractivity contribution < 1.29 is 35.9 Å². The summed E-state index contributed by atoms with van der Waals surface area (Å²) in [6, 6.07) is 10.2. The van der Waals surface area contributed by atoms with Gasteiger partial charge in [-0.15, -0.1) is 0 Å². The molecule has 0 amide bonds. The third-order valence-corrected chi connectivity index (χ3v) is 2.74. The molecule has 5 nitrogen and oxygen atoms in total.